The molecule has 4 heteroatoms. The van der Waals surface area contributed by atoms with Crippen molar-refractivity contribution in [1.82, 2.24) is 0 Å². The summed E-state index contributed by atoms with van der Waals surface area (Å²) >= 11 is 0. The Morgan fingerprint density at radius 1 is 0.852 bits per heavy atom. The maximum Gasteiger partial charge on any atom is 0.248 e. The van der Waals surface area contributed by atoms with Crippen molar-refractivity contribution in [2.24, 2.45) is 0 Å². The van der Waals surface area contributed by atoms with Gasteiger partial charge in [0.1, 0.15) is 11.5 Å². The lowest BCUT2D eigenvalue weighted by Gasteiger charge is -2.07. The number of amides is 1. The van der Waals surface area contributed by atoms with Crippen molar-refractivity contribution < 1.29 is 14.3 Å². The highest BCUT2D eigenvalue weighted by molar-refractivity contribution is 6.01. The predicted molar refractivity (Wildman–Crippen MR) is 111 cm³/mol. The zero-order chi connectivity index (χ0) is 19.3. The Morgan fingerprint density at radius 3 is 2.11 bits per heavy atom. The minimum absolute atomic E-state index is 0.169. The van der Waals surface area contributed by atoms with Gasteiger partial charge in [-0.2, -0.15) is 0 Å². The van der Waals surface area contributed by atoms with Gasteiger partial charge in [-0.1, -0.05) is 38.8 Å². The molecule has 0 atom stereocenters. The standard InChI is InChI=1S/C23H29NO3/c1-3-5-6-18-27-22-14-10-20(11-15-22)24-23(25)16-9-19-7-12-21(13-8-19)26-17-4-2/h7-16H,3-6,17-18H2,1-2H3,(H,24,25)/b16-9+. The lowest BCUT2D eigenvalue weighted by atomic mass is 10.2. The van der Waals surface area contributed by atoms with E-state index in [-0.39, 0.29) is 5.91 Å². The molecule has 0 heterocycles. The van der Waals surface area contributed by atoms with Crippen LogP contribution in [0.1, 0.15) is 45.1 Å². The predicted octanol–water partition coefficient (Wildman–Crippen LogP) is 5.70. The van der Waals surface area contributed by atoms with Crippen molar-refractivity contribution in [3.63, 3.8) is 0 Å². The van der Waals surface area contributed by atoms with Crippen LogP contribution in [0.3, 0.4) is 0 Å². The van der Waals surface area contributed by atoms with E-state index in [2.05, 4.69) is 19.2 Å². The molecule has 2 aromatic rings. The molecular weight excluding hydrogens is 338 g/mol. The number of hydrogen-bond donors (Lipinski definition) is 1. The van der Waals surface area contributed by atoms with Gasteiger partial charge in [-0.25, -0.2) is 0 Å². The molecule has 0 aliphatic carbocycles. The third kappa shape index (κ3) is 7.99. The molecule has 0 unspecified atom stereocenters. The molecule has 0 aliphatic rings. The number of benzene rings is 2. The molecule has 4 nitrogen and oxygen atoms in total. The van der Waals surface area contributed by atoms with Crippen molar-refractivity contribution in [2.45, 2.75) is 39.5 Å². The number of hydrogen-bond acceptors (Lipinski definition) is 3. The summed E-state index contributed by atoms with van der Waals surface area (Å²) in [6, 6.07) is 15.1. The fraction of sp³-hybridized carbons (Fsp3) is 0.348. The average Bonchev–Trinajstić information content (AvgIpc) is 2.70. The number of carbonyl (C=O) groups is 1. The van der Waals surface area contributed by atoms with Gasteiger partial charge >= 0.3 is 0 Å². The van der Waals surface area contributed by atoms with Crippen LogP contribution >= 0.6 is 0 Å². The maximum atomic E-state index is 12.1. The summed E-state index contributed by atoms with van der Waals surface area (Å²) in [5.74, 6) is 1.50. The number of unbranched alkanes of at least 4 members (excludes halogenated alkanes) is 2. The largest absolute Gasteiger partial charge is 0.494 e. The van der Waals surface area contributed by atoms with Crippen LogP contribution in [-0.4, -0.2) is 19.1 Å². The third-order valence-corrected chi connectivity index (χ3v) is 3.92. The summed E-state index contributed by atoms with van der Waals surface area (Å²) in [5.41, 5.74) is 1.69. The molecule has 1 amide bonds. The van der Waals surface area contributed by atoms with Crippen molar-refractivity contribution in [3.05, 3.63) is 60.2 Å². The molecule has 2 aromatic carbocycles. The lowest BCUT2D eigenvalue weighted by Crippen LogP contribution is -2.07. The Labute approximate surface area is 162 Å². The highest BCUT2D eigenvalue weighted by atomic mass is 16.5. The summed E-state index contributed by atoms with van der Waals surface area (Å²) < 4.78 is 11.2. The SMILES string of the molecule is CCCCCOc1ccc(NC(=O)/C=C/c2ccc(OCCC)cc2)cc1. The van der Waals surface area contributed by atoms with Gasteiger partial charge < -0.3 is 14.8 Å². The fourth-order valence-corrected chi connectivity index (χ4v) is 2.43. The molecule has 0 aliphatic heterocycles. The monoisotopic (exact) mass is 367 g/mol. The minimum atomic E-state index is -0.169. The minimum Gasteiger partial charge on any atom is -0.494 e. The Morgan fingerprint density at radius 2 is 1.48 bits per heavy atom. The number of nitrogens with one attached hydrogen (secondary N) is 1. The first-order valence-electron chi connectivity index (χ1n) is 9.66. The van der Waals surface area contributed by atoms with E-state index in [1.807, 2.05) is 48.5 Å². The lowest BCUT2D eigenvalue weighted by molar-refractivity contribution is -0.111. The van der Waals surface area contributed by atoms with Gasteiger partial charge in [0.15, 0.2) is 0 Å². The van der Waals surface area contributed by atoms with Crippen LogP contribution in [0.4, 0.5) is 5.69 Å². The van der Waals surface area contributed by atoms with E-state index in [0.29, 0.717) is 6.61 Å². The second-order valence-electron chi connectivity index (χ2n) is 6.32. The van der Waals surface area contributed by atoms with Gasteiger partial charge in [-0.15, -0.1) is 0 Å². The molecule has 27 heavy (non-hydrogen) atoms. The maximum absolute atomic E-state index is 12.1. The van der Waals surface area contributed by atoms with Crippen LogP contribution in [0.2, 0.25) is 0 Å². The normalized spacial score (nSPS) is 10.7. The third-order valence-electron chi connectivity index (χ3n) is 3.92. The highest BCUT2D eigenvalue weighted by Gasteiger charge is 2.00. The smallest absolute Gasteiger partial charge is 0.248 e. The summed E-state index contributed by atoms with van der Waals surface area (Å²) in [7, 11) is 0. The van der Waals surface area contributed by atoms with Crippen LogP contribution in [-0.2, 0) is 4.79 Å². The second kappa shape index (κ2) is 11.8. The molecule has 0 aromatic heterocycles. The van der Waals surface area contributed by atoms with E-state index in [0.717, 1.165) is 42.2 Å². The molecule has 0 saturated heterocycles. The number of anilines is 1. The average molecular weight is 367 g/mol. The van der Waals surface area contributed by atoms with Crippen LogP contribution in [0.25, 0.3) is 6.08 Å². The van der Waals surface area contributed by atoms with Crippen LogP contribution in [0.5, 0.6) is 11.5 Å². The first-order chi connectivity index (χ1) is 13.2. The Kier molecular flexibility index (Phi) is 8.98. The van der Waals surface area contributed by atoms with E-state index in [9.17, 15) is 4.79 Å². The van der Waals surface area contributed by atoms with Gasteiger partial charge in [0, 0.05) is 11.8 Å². The van der Waals surface area contributed by atoms with Gasteiger partial charge in [0.25, 0.3) is 0 Å². The quantitative estimate of drug-likeness (QED) is 0.409. The van der Waals surface area contributed by atoms with Crippen molar-refractivity contribution >= 4 is 17.7 Å². The second-order valence-corrected chi connectivity index (χ2v) is 6.32. The van der Waals surface area contributed by atoms with Crippen molar-refractivity contribution in [3.8, 4) is 11.5 Å². The molecule has 0 spiro atoms. The van der Waals surface area contributed by atoms with Crippen molar-refractivity contribution in [2.75, 3.05) is 18.5 Å². The summed E-state index contributed by atoms with van der Waals surface area (Å²) in [6.07, 6.45) is 7.70. The molecular formula is C23H29NO3. The summed E-state index contributed by atoms with van der Waals surface area (Å²) in [4.78, 5) is 12.1. The van der Waals surface area contributed by atoms with E-state index < -0.39 is 0 Å². The topological polar surface area (TPSA) is 47.6 Å². The van der Waals surface area contributed by atoms with Crippen LogP contribution in [0, 0.1) is 0 Å². The van der Waals surface area contributed by atoms with E-state index >= 15 is 0 Å². The van der Waals surface area contributed by atoms with Gasteiger partial charge in [0.05, 0.1) is 13.2 Å². The molecule has 0 radical (unpaired) electrons. The Hall–Kier alpha value is -2.75. The van der Waals surface area contributed by atoms with Gasteiger partial charge in [-0.05, 0) is 60.9 Å². The molecule has 144 valence electrons. The van der Waals surface area contributed by atoms with E-state index in [1.165, 1.54) is 18.9 Å². The first-order valence-corrected chi connectivity index (χ1v) is 9.66. The molecule has 0 bridgehead atoms. The molecule has 0 fully saturated rings. The first kappa shape index (κ1) is 20.6. The van der Waals surface area contributed by atoms with Crippen LogP contribution < -0.4 is 14.8 Å². The van der Waals surface area contributed by atoms with Gasteiger partial charge in [-0.3, -0.25) is 4.79 Å². The summed E-state index contributed by atoms with van der Waals surface area (Å²) in [5, 5.41) is 2.85. The van der Waals surface area contributed by atoms with E-state index in [1.54, 1.807) is 6.08 Å². The number of carbonyl (C=O) groups excluding carboxylic acids is 1. The molecule has 1 N–H and O–H groups in total. The van der Waals surface area contributed by atoms with Gasteiger partial charge in [0.2, 0.25) is 5.91 Å². The number of rotatable bonds is 11. The highest BCUT2D eigenvalue weighted by Crippen LogP contribution is 2.17. The van der Waals surface area contributed by atoms with E-state index in [4.69, 9.17) is 9.47 Å². The molecule has 0 saturated carbocycles. The van der Waals surface area contributed by atoms with Crippen molar-refractivity contribution in [1.29, 1.82) is 0 Å². The Bertz CT molecular complexity index is 705. The zero-order valence-corrected chi connectivity index (χ0v) is 16.2. The fourth-order valence-electron chi connectivity index (χ4n) is 2.43. The zero-order valence-electron chi connectivity index (χ0n) is 16.2. The molecule has 2 rings (SSSR count). The number of ether oxygens (including phenoxy) is 2. The summed E-state index contributed by atoms with van der Waals surface area (Å²) in [6.45, 7) is 5.68. The Balaban J connectivity index is 1.79. The van der Waals surface area contributed by atoms with Crippen LogP contribution in [0.15, 0.2) is 54.6 Å².